The Labute approximate surface area is 297 Å². The van der Waals surface area contributed by atoms with Crippen LogP contribution in [-0.4, -0.2) is 23.7 Å². The number of furan rings is 1. The Morgan fingerprint density at radius 3 is 1.71 bits per heavy atom. The first-order valence-electron chi connectivity index (χ1n) is 17.4. The first-order chi connectivity index (χ1) is 25.2. The van der Waals surface area contributed by atoms with Crippen LogP contribution in [0.15, 0.2) is 168 Å². The minimum Gasteiger partial charge on any atom is -0.455 e. The highest BCUT2D eigenvalue weighted by Crippen LogP contribution is 2.41. The average Bonchev–Trinajstić information content (AvgIpc) is 3.74. The van der Waals surface area contributed by atoms with Gasteiger partial charge in [-0.05, 0) is 55.9 Å². The van der Waals surface area contributed by atoms with Crippen LogP contribution >= 0.6 is 0 Å². The molecular formula is C46H31N3OSi. The van der Waals surface area contributed by atoms with Crippen molar-refractivity contribution in [1.29, 1.82) is 0 Å². The Morgan fingerprint density at radius 1 is 0.431 bits per heavy atom. The summed E-state index contributed by atoms with van der Waals surface area (Å²) in [7, 11) is -1.60. The maximum Gasteiger partial charge on any atom is 0.167 e. The minimum absolute atomic E-state index is 0.595. The molecule has 240 valence electrons. The summed E-state index contributed by atoms with van der Waals surface area (Å²) < 4.78 is 6.69. The number of benzene rings is 7. The Hall–Kier alpha value is -6.43. The van der Waals surface area contributed by atoms with Crippen molar-refractivity contribution in [3.63, 3.8) is 0 Å². The molecule has 1 aliphatic rings. The standard InChI is InChI=1S/C46H31N3OSi/c1-51-39-28-14-22-33(30-17-7-3-8-18-30)41(39)35-24-12-26-37(43(35)51)46-48-44(31-19-9-4-10-20-31)47-45(49-46)36-25-11-23-34-40-32(29-15-5-2-6-16-29)21-13-27-38(40)50-42(34)36/h2-28,51H,1H3. The molecule has 0 fully saturated rings. The van der Waals surface area contributed by atoms with E-state index in [2.05, 4.69) is 140 Å². The molecule has 1 aliphatic heterocycles. The van der Waals surface area contributed by atoms with Gasteiger partial charge in [-0.15, -0.1) is 0 Å². The Bertz CT molecular complexity index is 2760. The number of nitrogens with zero attached hydrogens (tertiary/aromatic N) is 3. The van der Waals surface area contributed by atoms with Crippen LogP contribution < -0.4 is 10.4 Å². The molecule has 0 saturated carbocycles. The molecule has 1 unspecified atom stereocenters. The summed E-state index contributed by atoms with van der Waals surface area (Å²) in [6.07, 6.45) is 0. The van der Waals surface area contributed by atoms with Gasteiger partial charge in [-0.25, -0.2) is 15.0 Å². The number of fused-ring (bicyclic) bond motifs is 6. The van der Waals surface area contributed by atoms with E-state index >= 15 is 0 Å². The normalized spacial score (nSPS) is 13.4. The van der Waals surface area contributed by atoms with Crippen molar-refractivity contribution in [1.82, 2.24) is 15.0 Å². The molecule has 5 heteroatoms. The fourth-order valence-electron chi connectivity index (χ4n) is 7.91. The third kappa shape index (κ3) is 4.77. The number of para-hydroxylation sites is 1. The van der Waals surface area contributed by atoms with Crippen molar-refractivity contribution in [3.05, 3.63) is 164 Å². The number of aromatic nitrogens is 3. The van der Waals surface area contributed by atoms with Gasteiger partial charge in [0.2, 0.25) is 0 Å². The first-order valence-corrected chi connectivity index (χ1v) is 19.7. The highest BCUT2D eigenvalue weighted by molar-refractivity contribution is 6.89. The lowest BCUT2D eigenvalue weighted by Gasteiger charge is -2.14. The quantitative estimate of drug-likeness (QED) is 0.171. The van der Waals surface area contributed by atoms with E-state index in [0.717, 1.165) is 49.8 Å². The van der Waals surface area contributed by atoms with Gasteiger partial charge < -0.3 is 4.42 Å². The van der Waals surface area contributed by atoms with Gasteiger partial charge in [-0.3, -0.25) is 0 Å². The minimum atomic E-state index is -1.60. The summed E-state index contributed by atoms with van der Waals surface area (Å²) in [5, 5.41) is 4.96. The van der Waals surface area contributed by atoms with Gasteiger partial charge in [0.1, 0.15) is 20.0 Å². The molecule has 4 nitrogen and oxygen atoms in total. The van der Waals surface area contributed by atoms with Crippen LogP contribution in [0.3, 0.4) is 0 Å². The topological polar surface area (TPSA) is 51.8 Å². The van der Waals surface area contributed by atoms with Crippen LogP contribution in [0, 0.1) is 0 Å². The molecular weight excluding hydrogens is 639 g/mol. The van der Waals surface area contributed by atoms with E-state index < -0.39 is 8.80 Å². The predicted molar refractivity (Wildman–Crippen MR) is 212 cm³/mol. The molecule has 7 aromatic carbocycles. The number of hydrogen-bond donors (Lipinski definition) is 0. The van der Waals surface area contributed by atoms with Gasteiger partial charge in [0.15, 0.2) is 17.5 Å². The second-order valence-corrected chi connectivity index (χ2v) is 15.8. The first kappa shape index (κ1) is 29.5. The van der Waals surface area contributed by atoms with Crippen molar-refractivity contribution in [2.24, 2.45) is 0 Å². The molecule has 0 saturated heterocycles. The average molecular weight is 670 g/mol. The van der Waals surface area contributed by atoms with Gasteiger partial charge in [0, 0.05) is 21.9 Å². The van der Waals surface area contributed by atoms with Crippen molar-refractivity contribution < 1.29 is 4.42 Å². The van der Waals surface area contributed by atoms with E-state index in [9.17, 15) is 0 Å². The fraction of sp³-hybridized carbons (Fsp3) is 0.0217. The third-order valence-corrected chi connectivity index (χ3v) is 13.1. The largest absolute Gasteiger partial charge is 0.455 e. The van der Waals surface area contributed by atoms with E-state index in [1.807, 2.05) is 30.3 Å². The maximum atomic E-state index is 6.69. The van der Waals surface area contributed by atoms with Crippen molar-refractivity contribution in [2.75, 3.05) is 0 Å². The Balaban J connectivity index is 1.20. The maximum absolute atomic E-state index is 6.69. The molecule has 0 aliphatic carbocycles. The summed E-state index contributed by atoms with van der Waals surface area (Å²) in [5.74, 6) is 1.92. The van der Waals surface area contributed by atoms with Crippen LogP contribution in [0.5, 0.6) is 0 Å². The summed E-state index contributed by atoms with van der Waals surface area (Å²) in [4.78, 5) is 15.6. The predicted octanol–water partition coefficient (Wildman–Crippen LogP) is 10.1. The summed E-state index contributed by atoms with van der Waals surface area (Å²) in [6, 6.07) is 57.4. The third-order valence-electron chi connectivity index (χ3n) is 10.2. The van der Waals surface area contributed by atoms with E-state index in [0.29, 0.717) is 17.5 Å². The van der Waals surface area contributed by atoms with E-state index in [1.165, 1.54) is 32.6 Å². The smallest absolute Gasteiger partial charge is 0.167 e. The fourth-order valence-corrected chi connectivity index (χ4v) is 10.8. The molecule has 9 aromatic rings. The summed E-state index contributed by atoms with van der Waals surface area (Å²) in [5.41, 5.74) is 11.9. The number of rotatable bonds is 5. The van der Waals surface area contributed by atoms with Gasteiger partial charge in [-0.2, -0.15) is 0 Å². The van der Waals surface area contributed by atoms with Gasteiger partial charge in [-0.1, -0.05) is 158 Å². The van der Waals surface area contributed by atoms with E-state index in [4.69, 9.17) is 19.4 Å². The lowest BCUT2D eigenvalue weighted by Crippen LogP contribution is -2.35. The summed E-state index contributed by atoms with van der Waals surface area (Å²) >= 11 is 0. The molecule has 0 spiro atoms. The van der Waals surface area contributed by atoms with Crippen LogP contribution in [0.1, 0.15) is 0 Å². The number of hydrogen-bond acceptors (Lipinski definition) is 4. The van der Waals surface area contributed by atoms with Crippen LogP contribution in [-0.2, 0) is 0 Å². The summed E-state index contributed by atoms with van der Waals surface area (Å²) in [6.45, 7) is 2.43. The SMILES string of the molecule is C[SiH]1c2cccc(-c3ccccc3)c2-c2cccc(-c3nc(-c4ccccc4)nc(-c4cccc5c4oc4cccc(-c6ccccc6)c45)n3)c21. The molecule has 0 radical (unpaired) electrons. The zero-order valence-corrected chi connectivity index (χ0v) is 29.1. The van der Waals surface area contributed by atoms with E-state index in [-0.39, 0.29) is 0 Å². The second kappa shape index (κ2) is 11.9. The Kier molecular flexibility index (Phi) is 6.86. The highest BCUT2D eigenvalue weighted by atomic mass is 28.3. The second-order valence-electron chi connectivity index (χ2n) is 13.1. The van der Waals surface area contributed by atoms with Gasteiger partial charge >= 0.3 is 0 Å². The molecule has 3 heterocycles. The van der Waals surface area contributed by atoms with Crippen LogP contribution in [0.4, 0.5) is 0 Å². The lowest BCUT2D eigenvalue weighted by molar-refractivity contribution is 0.669. The monoisotopic (exact) mass is 669 g/mol. The Morgan fingerprint density at radius 2 is 0.961 bits per heavy atom. The van der Waals surface area contributed by atoms with Gasteiger partial charge in [0.25, 0.3) is 0 Å². The van der Waals surface area contributed by atoms with Crippen LogP contribution in [0.2, 0.25) is 6.55 Å². The van der Waals surface area contributed by atoms with Crippen molar-refractivity contribution in [3.8, 4) is 67.5 Å². The van der Waals surface area contributed by atoms with Crippen molar-refractivity contribution >= 4 is 41.1 Å². The molecule has 10 rings (SSSR count). The lowest BCUT2D eigenvalue weighted by atomic mass is 9.94. The molecule has 1 atom stereocenters. The molecule has 0 bridgehead atoms. The van der Waals surface area contributed by atoms with Crippen molar-refractivity contribution in [2.45, 2.75) is 6.55 Å². The van der Waals surface area contributed by atoms with Crippen LogP contribution in [0.25, 0.3) is 89.5 Å². The zero-order valence-electron chi connectivity index (χ0n) is 27.9. The molecule has 0 N–H and O–H groups in total. The molecule has 0 amide bonds. The highest BCUT2D eigenvalue weighted by Gasteiger charge is 2.32. The molecule has 2 aromatic heterocycles. The van der Waals surface area contributed by atoms with E-state index in [1.54, 1.807) is 0 Å². The zero-order chi connectivity index (χ0) is 33.9. The molecule has 51 heavy (non-hydrogen) atoms. The van der Waals surface area contributed by atoms with Gasteiger partial charge in [0.05, 0.1) is 5.56 Å².